The Hall–Kier alpha value is -1.40. The van der Waals surface area contributed by atoms with Crippen LogP contribution in [0.25, 0.3) is 0 Å². The molecule has 6 nitrogen and oxygen atoms in total. The lowest BCUT2D eigenvalue weighted by molar-refractivity contribution is 0.129. The number of likely N-dealkylation sites (N-methyl/N-ethyl adjacent to an activating group) is 1. The van der Waals surface area contributed by atoms with Crippen molar-refractivity contribution in [2.75, 3.05) is 63.5 Å². The van der Waals surface area contributed by atoms with Crippen molar-refractivity contribution < 1.29 is 0 Å². The molecule has 3 rings (SSSR count). The van der Waals surface area contributed by atoms with Gasteiger partial charge in [-0.1, -0.05) is 13.3 Å². The summed E-state index contributed by atoms with van der Waals surface area (Å²) < 4.78 is 0. The van der Waals surface area contributed by atoms with Gasteiger partial charge in [0.05, 0.1) is 0 Å². The molecule has 0 atom stereocenters. The summed E-state index contributed by atoms with van der Waals surface area (Å²) in [5, 5.41) is 0. The van der Waals surface area contributed by atoms with E-state index in [1.54, 1.807) is 0 Å². The number of hydrogen-bond donors (Lipinski definition) is 1. The highest BCUT2D eigenvalue weighted by molar-refractivity contribution is 5.52. The lowest BCUT2D eigenvalue weighted by Crippen LogP contribution is -2.47. The molecule has 0 radical (unpaired) electrons. The van der Waals surface area contributed by atoms with E-state index >= 15 is 0 Å². The number of piperidine rings is 1. The summed E-state index contributed by atoms with van der Waals surface area (Å²) in [6.07, 6.45) is 5.93. The Morgan fingerprint density at radius 1 is 1.04 bits per heavy atom. The molecular weight excluding hydrogens is 324 g/mol. The number of nitrogens with two attached hydrogens (primary N) is 1. The van der Waals surface area contributed by atoms with Crippen LogP contribution in [0.1, 0.15) is 43.9 Å². The van der Waals surface area contributed by atoms with Crippen LogP contribution in [-0.4, -0.2) is 72.6 Å². The Balaban J connectivity index is 1.59. The van der Waals surface area contributed by atoms with Gasteiger partial charge in [0.2, 0.25) is 5.95 Å². The van der Waals surface area contributed by atoms with E-state index in [0.717, 1.165) is 36.9 Å². The van der Waals surface area contributed by atoms with Crippen LogP contribution in [0.15, 0.2) is 0 Å². The molecule has 0 bridgehead atoms. The first-order valence-electron chi connectivity index (χ1n) is 10.4. The van der Waals surface area contributed by atoms with Gasteiger partial charge in [-0.25, -0.2) is 4.98 Å². The number of piperazine rings is 1. The molecular formula is C20H36N6. The van der Waals surface area contributed by atoms with Gasteiger partial charge in [0.25, 0.3) is 0 Å². The minimum absolute atomic E-state index is 0.414. The van der Waals surface area contributed by atoms with Gasteiger partial charge in [-0.15, -0.1) is 0 Å². The molecule has 146 valence electrons. The Morgan fingerprint density at radius 3 is 2.38 bits per heavy atom. The molecule has 2 aliphatic heterocycles. The Morgan fingerprint density at radius 2 is 1.73 bits per heavy atom. The summed E-state index contributed by atoms with van der Waals surface area (Å²) in [4.78, 5) is 16.6. The average Bonchev–Trinajstić information content (AvgIpc) is 2.63. The van der Waals surface area contributed by atoms with Gasteiger partial charge in [0.15, 0.2) is 0 Å². The molecule has 26 heavy (non-hydrogen) atoms. The van der Waals surface area contributed by atoms with Crippen LogP contribution in [0.4, 0.5) is 11.8 Å². The molecule has 2 saturated heterocycles. The molecule has 0 aromatic carbocycles. The van der Waals surface area contributed by atoms with E-state index in [0.29, 0.717) is 5.95 Å². The van der Waals surface area contributed by atoms with E-state index in [2.05, 4.69) is 45.6 Å². The van der Waals surface area contributed by atoms with Gasteiger partial charge < -0.3 is 20.4 Å². The first-order chi connectivity index (χ1) is 12.6. The normalized spacial score (nSPS) is 20.7. The summed E-state index contributed by atoms with van der Waals surface area (Å²) >= 11 is 0. The zero-order valence-corrected chi connectivity index (χ0v) is 16.9. The number of rotatable bonds is 6. The fourth-order valence-corrected chi connectivity index (χ4v) is 4.23. The molecule has 0 aliphatic carbocycles. The quantitative estimate of drug-likeness (QED) is 0.839. The second-order valence-corrected chi connectivity index (χ2v) is 8.11. The van der Waals surface area contributed by atoms with Crippen LogP contribution in [-0.2, 0) is 6.42 Å². The van der Waals surface area contributed by atoms with Gasteiger partial charge in [-0.2, -0.15) is 4.98 Å². The van der Waals surface area contributed by atoms with Crippen molar-refractivity contribution in [1.82, 2.24) is 19.8 Å². The van der Waals surface area contributed by atoms with Crippen molar-refractivity contribution in [2.45, 2.75) is 46.0 Å². The van der Waals surface area contributed by atoms with Gasteiger partial charge in [0.1, 0.15) is 5.82 Å². The summed E-state index contributed by atoms with van der Waals surface area (Å²) in [5.74, 6) is 2.33. The standard InChI is InChI=1S/C20H36N6/c1-4-5-6-18-16(2)22-20(21)23-19(18)26-9-7-17(8-10-26)15-25-13-11-24(3)12-14-25/h17H,4-15H2,1-3H3,(H2,21,22,23). The highest BCUT2D eigenvalue weighted by Crippen LogP contribution is 2.28. The fraction of sp³-hybridized carbons (Fsp3) is 0.800. The van der Waals surface area contributed by atoms with Crippen molar-refractivity contribution in [3.05, 3.63) is 11.3 Å². The first kappa shape index (κ1) is 19.4. The number of aryl methyl sites for hydroxylation is 1. The van der Waals surface area contributed by atoms with Crippen molar-refractivity contribution >= 4 is 11.8 Å². The van der Waals surface area contributed by atoms with Crippen LogP contribution in [0.3, 0.4) is 0 Å². The highest BCUT2D eigenvalue weighted by atomic mass is 15.3. The van der Waals surface area contributed by atoms with Gasteiger partial charge in [0, 0.05) is 57.1 Å². The fourth-order valence-electron chi connectivity index (χ4n) is 4.23. The van der Waals surface area contributed by atoms with E-state index in [4.69, 9.17) is 5.73 Å². The Bertz CT molecular complexity index is 574. The molecule has 2 aliphatic rings. The SMILES string of the molecule is CCCCc1c(C)nc(N)nc1N1CCC(CN2CCN(C)CC2)CC1. The summed E-state index contributed by atoms with van der Waals surface area (Å²) in [6, 6.07) is 0. The largest absolute Gasteiger partial charge is 0.368 e. The monoisotopic (exact) mass is 360 g/mol. The maximum Gasteiger partial charge on any atom is 0.222 e. The summed E-state index contributed by atoms with van der Waals surface area (Å²) in [7, 11) is 2.22. The van der Waals surface area contributed by atoms with Gasteiger partial charge in [-0.05, 0) is 45.6 Å². The number of unbranched alkanes of at least 4 members (excludes halogenated alkanes) is 1. The molecule has 0 unspecified atom stereocenters. The molecule has 0 saturated carbocycles. The average molecular weight is 361 g/mol. The topological polar surface area (TPSA) is 61.5 Å². The number of anilines is 2. The van der Waals surface area contributed by atoms with Crippen molar-refractivity contribution in [3.63, 3.8) is 0 Å². The summed E-state index contributed by atoms with van der Waals surface area (Å²) in [5.41, 5.74) is 8.33. The van der Waals surface area contributed by atoms with E-state index in [1.807, 2.05) is 0 Å². The van der Waals surface area contributed by atoms with Crippen LogP contribution >= 0.6 is 0 Å². The van der Waals surface area contributed by atoms with E-state index in [-0.39, 0.29) is 0 Å². The van der Waals surface area contributed by atoms with Crippen LogP contribution in [0.5, 0.6) is 0 Å². The van der Waals surface area contributed by atoms with Crippen LogP contribution in [0.2, 0.25) is 0 Å². The molecule has 0 amide bonds. The van der Waals surface area contributed by atoms with Gasteiger partial charge in [-0.3, -0.25) is 0 Å². The second kappa shape index (κ2) is 9.00. The number of nitrogens with zero attached hydrogens (tertiary/aromatic N) is 5. The Labute approximate surface area is 158 Å². The van der Waals surface area contributed by atoms with E-state index < -0.39 is 0 Å². The third-order valence-corrected chi connectivity index (χ3v) is 6.02. The number of hydrogen-bond acceptors (Lipinski definition) is 6. The minimum Gasteiger partial charge on any atom is -0.368 e. The number of nitrogen functional groups attached to an aromatic ring is 1. The zero-order chi connectivity index (χ0) is 18.5. The maximum absolute atomic E-state index is 5.97. The second-order valence-electron chi connectivity index (χ2n) is 8.11. The van der Waals surface area contributed by atoms with E-state index in [9.17, 15) is 0 Å². The highest BCUT2D eigenvalue weighted by Gasteiger charge is 2.25. The molecule has 6 heteroatoms. The van der Waals surface area contributed by atoms with Crippen molar-refractivity contribution in [3.8, 4) is 0 Å². The van der Waals surface area contributed by atoms with Gasteiger partial charge >= 0.3 is 0 Å². The third kappa shape index (κ3) is 4.86. The predicted molar refractivity (Wildman–Crippen MR) is 109 cm³/mol. The lowest BCUT2D eigenvalue weighted by Gasteiger charge is -2.38. The maximum atomic E-state index is 5.97. The number of aromatic nitrogens is 2. The van der Waals surface area contributed by atoms with Crippen molar-refractivity contribution in [1.29, 1.82) is 0 Å². The van der Waals surface area contributed by atoms with E-state index in [1.165, 1.54) is 64.0 Å². The molecule has 1 aromatic heterocycles. The smallest absolute Gasteiger partial charge is 0.222 e. The third-order valence-electron chi connectivity index (χ3n) is 6.02. The lowest BCUT2D eigenvalue weighted by atomic mass is 9.95. The van der Waals surface area contributed by atoms with Crippen LogP contribution in [0, 0.1) is 12.8 Å². The minimum atomic E-state index is 0.414. The first-order valence-corrected chi connectivity index (χ1v) is 10.4. The summed E-state index contributed by atoms with van der Waals surface area (Å²) in [6.45, 7) is 12.6. The zero-order valence-electron chi connectivity index (χ0n) is 16.9. The molecule has 2 N–H and O–H groups in total. The van der Waals surface area contributed by atoms with Crippen molar-refractivity contribution in [2.24, 2.45) is 5.92 Å². The van der Waals surface area contributed by atoms with Crippen LogP contribution < -0.4 is 10.6 Å². The molecule has 2 fully saturated rings. The molecule has 1 aromatic rings. The molecule has 0 spiro atoms. The Kier molecular flexibility index (Phi) is 6.70. The molecule has 3 heterocycles. The predicted octanol–water partition coefficient (Wildman–Crippen LogP) is 2.17.